The van der Waals surface area contributed by atoms with Crippen LogP contribution in [0.1, 0.15) is 45.7 Å². The first kappa shape index (κ1) is 15.2. The van der Waals surface area contributed by atoms with Gasteiger partial charge in [0, 0.05) is 37.6 Å². The molecule has 0 spiro atoms. The predicted molar refractivity (Wildman–Crippen MR) is 74.8 cm³/mol. The quantitative estimate of drug-likeness (QED) is 0.881. The van der Waals surface area contributed by atoms with E-state index in [1.54, 1.807) is 6.20 Å². The summed E-state index contributed by atoms with van der Waals surface area (Å²) in [6.07, 6.45) is 2.97. The van der Waals surface area contributed by atoms with Gasteiger partial charge in [0.05, 0.1) is 6.61 Å². The summed E-state index contributed by atoms with van der Waals surface area (Å²) in [6.45, 7) is 12.9. The summed E-state index contributed by atoms with van der Waals surface area (Å²) in [4.78, 5) is 2.47. The van der Waals surface area contributed by atoms with Crippen molar-refractivity contribution in [2.24, 2.45) is 0 Å². The highest BCUT2D eigenvalue weighted by molar-refractivity contribution is 5.01. The van der Waals surface area contributed by atoms with Gasteiger partial charge in [-0.15, -0.1) is 0 Å². The molecule has 1 N–H and O–H groups in total. The van der Waals surface area contributed by atoms with E-state index in [0.29, 0.717) is 12.0 Å². The highest BCUT2D eigenvalue weighted by atomic mass is 16.5. The first-order chi connectivity index (χ1) is 8.61. The van der Waals surface area contributed by atoms with Crippen LogP contribution in [0.25, 0.3) is 0 Å². The fraction of sp³-hybridized carbons (Fsp3) is 0.786. The van der Waals surface area contributed by atoms with Crippen molar-refractivity contribution in [1.82, 2.24) is 15.1 Å². The van der Waals surface area contributed by atoms with E-state index in [2.05, 4.69) is 42.8 Å². The lowest BCUT2D eigenvalue weighted by atomic mass is 10.1. The number of nitrogens with one attached hydrogen (secondary N) is 1. The average molecular weight is 253 g/mol. The Balaban J connectivity index is 0.000000184. The standard InChI is InChI=1S/C8H17NO.C6H10N2/c1-8(2)9-4-3-6-10-7-5-9;1-5(2)6-3-4-7-8-6/h8H,3-7H2,1-2H3;3-5H,1-2H3,(H,7,8). The van der Waals surface area contributed by atoms with Gasteiger partial charge in [0.1, 0.15) is 0 Å². The molecule has 1 saturated heterocycles. The maximum Gasteiger partial charge on any atom is 0.0593 e. The largest absolute Gasteiger partial charge is 0.380 e. The SMILES string of the molecule is CC(C)N1CCCOCC1.CC(C)c1ccn[nH]1. The summed E-state index contributed by atoms with van der Waals surface area (Å²) in [6, 6.07) is 2.67. The zero-order valence-electron chi connectivity index (χ0n) is 12.1. The van der Waals surface area contributed by atoms with Crippen LogP contribution in [0.3, 0.4) is 0 Å². The van der Waals surface area contributed by atoms with Crippen molar-refractivity contribution in [3.63, 3.8) is 0 Å². The predicted octanol–water partition coefficient (Wildman–Crippen LogP) is 2.65. The van der Waals surface area contributed by atoms with Gasteiger partial charge in [0.25, 0.3) is 0 Å². The summed E-state index contributed by atoms with van der Waals surface area (Å²) in [5, 5.41) is 6.70. The van der Waals surface area contributed by atoms with Gasteiger partial charge in [-0.05, 0) is 32.3 Å². The Morgan fingerprint density at radius 1 is 1.22 bits per heavy atom. The first-order valence-corrected chi connectivity index (χ1v) is 6.92. The van der Waals surface area contributed by atoms with E-state index in [-0.39, 0.29) is 0 Å². The van der Waals surface area contributed by atoms with Gasteiger partial charge in [-0.25, -0.2) is 0 Å². The van der Waals surface area contributed by atoms with Crippen molar-refractivity contribution < 1.29 is 4.74 Å². The van der Waals surface area contributed by atoms with Crippen LogP contribution in [0.15, 0.2) is 12.3 Å². The van der Waals surface area contributed by atoms with Gasteiger partial charge in [-0.2, -0.15) is 5.10 Å². The van der Waals surface area contributed by atoms with Crippen LogP contribution in [0, 0.1) is 0 Å². The fourth-order valence-corrected chi connectivity index (χ4v) is 1.87. The number of nitrogens with zero attached hydrogens (tertiary/aromatic N) is 2. The molecule has 104 valence electrons. The van der Waals surface area contributed by atoms with Crippen LogP contribution >= 0.6 is 0 Å². The monoisotopic (exact) mass is 253 g/mol. The third kappa shape index (κ3) is 5.65. The fourth-order valence-electron chi connectivity index (χ4n) is 1.87. The molecular weight excluding hydrogens is 226 g/mol. The Hall–Kier alpha value is -0.870. The van der Waals surface area contributed by atoms with Gasteiger partial charge in [-0.3, -0.25) is 10.00 Å². The normalized spacial score (nSPS) is 17.4. The Morgan fingerprint density at radius 2 is 2.00 bits per heavy atom. The zero-order valence-corrected chi connectivity index (χ0v) is 12.1. The number of hydrogen-bond donors (Lipinski definition) is 1. The molecule has 2 heterocycles. The number of aromatic amines is 1. The van der Waals surface area contributed by atoms with E-state index in [1.165, 1.54) is 18.7 Å². The van der Waals surface area contributed by atoms with E-state index in [0.717, 1.165) is 19.8 Å². The molecule has 0 atom stereocenters. The van der Waals surface area contributed by atoms with E-state index >= 15 is 0 Å². The zero-order chi connectivity index (χ0) is 13.4. The molecule has 1 aliphatic rings. The summed E-state index contributed by atoms with van der Waals surface area (Å²) in [7, 11) is 0. The highest BCUT2D eigenvalue weighted by Crippen LogP contribution is 2.07. The lowest BCUT2D eigenvalue weighted by Crippen LogP contribution is -2.32. The smallest absolute Gasteiger partial charge is 0.0593 e. The Kier molecular flexibility index (Phi) is 6.98. The maximum absolute atomic E-state index is 5.33. The minimum absolute atomic E-state index is 0.567. The van der Waals surface area contributed by atoms with E-state index in [9.17, 15) is 0 Å². The summed E-state index contributed by atoms with van der Waals surface area (Å²) in [5.74, 6) is 0.567. The van der Waals surface area contributed by atoms with Crippen LogP contribution in [-0.2, 0) is 4.74 Å². The van der Waals surface area contributed by atoms with Crippen molar-refractivity contribution >= 4 is 0 Å². The Bertz CT molecular complexity index is 288. The molecule has 0 amide bonds. The van der Waals surface area contributed by atoms with E-state index in [4.69, 9.17) is 4.74 Å². The van der Waals surface area contributed by atoms with Crippen molar-refractivity contribution in [2.75, 3.05) is 26.3 Å². The molecular formula is C14H27N3O. The molecule has 18 heavy (non-hydrogen) atoms. The lowest BCUT2D eigenvalue weighted by Gasteiger charge is -2.23. The summed E-state index contributed by atoms with van der Waals surface area (Å²) in [5.41, 5.74) is 1.20. The number of rotatable bonds is 2. The molecule has 1 aromatic rings. The molecule has 4 nitrogen and oxygen atoms in total. The van der Waals surface area contributed by atoms with Crippen molar-refractivity contribution in [3.8, 4) is 0 Å². The van der Waals surface area contributed by atoms with Crippen LogP contribution in [0.5, 0.6) is 0 Å². The molecule has 4 heteroatoms. The lowest BCUT2D eigenvalue weighted by molar-refractivity contribution is 0.136. The first-order valence-electron chi connectivity index (χ1n) is 6.92. The van der Waals surface area contributed by atoms with E-state index < -0.39 is 0 Å². The molecule has 2 rings (SSSR count). The van der Waals surface area contributed by atoms with Crippen molar-refractivity contribution in [3.05, 3.63) is 18.0 Å². The third-order valence-corrected chi connectivity index (χ3v) is 3.13. The second-order valence-electron chi connectivity index (χ2n) is 5.26. The Morgan fingerprint density at radius 3 is 2.50 bits per heavy atom. The number of H-pyrrole nitrogens is 1. The van der Waals surface area contributed by atoms with E-state index in [1.807, 2.05) is 6.07 Å². The van der Waals surface area contributed by atoms with Crippen LogP contribution < -0.4 is 0 Å². The van der Waals surface area contributed by atoms with Crippen LogP contribution in [-0.4, -0.2) is 47.4 Å². The van der Waals surface area contributed by atoms with Gasteiger partial charge in [-0.1, -0.05) is 13.8 Å². The van der Waals surface area contributed by atoms with Crippen LogP contribution in [0.4, 0.5) is 0 Å². The van der Waals surface area contributed by atoms with Gasteiger partial charge in [0.15, 0.2) is 0 Å². The number of ether oxygens (including phenoxy) is 1. The molecule has 0 radical (unpaired) electrons. The molecule has 0 unspecified atom stereocenters. The summed E-state index contributed by atoms with van der Waals surface area (Å²) >= 11 is 0. The van der Waals surface area contributed by atoms with Crippen molar-refractivity contribution in [1.29, 1.82) is 0 Å². The molecule has 0 aliphatic carbocycles. The van der Waals surface area contributed by atoms with Gasteiger partial charge < -0.3 is 4.74 Å². The number of hydrogen-bond acceptors (Lipinski definition) is 3. The minimum Gasteiger partial charge on any atom is -0.380 e. The molecule has 0 saturated carbocycles. The third-order valence-electron chi connectivity index (χ3n) is 3.13. The molecule has 1 aromatic heterocycles. The number of aromatic nitrogens is 2. The average Bonchev–Trinajstić information content (AvgIpc) is 2.72. The topological polar surface area (TPSA) is 41.1 Å². The maximum atomic E-state index is 5.33. The molecule has 0 aromatic carbocycles. The summed E-state index contributed by atoms with van der Waals surface area (Å²) < 4.78 is 5.33. The molecule has 1 aliphatic heterocycles. The Labute approximate surface area is 111 Å². The second-order valence-corrected chi connectivity index (χ2v) is 5.26. The van der Waals surface area contributed by atoms with Gasteiger partial charge in [0.2, 0.25) is 0 Å². The minimum atomic E-state index is 0.567. The molecule has 1 fully saturated rings. The van der Waals surface area contributed by atoms with Crippen molar-refractivity contribution in [2.45, 2.75) is 46.1 Å². The van der Waals surface area contributed by atoms with Crippen LogP contribution in [0.2, 0.25) is 0 Å². The highest BCUT2D eigenvalue weighted by Gasteiger charge is 2.10. The van der Waals surface area contributed by atoms with Gasteiger partial charge >= 0.3 is 0 Å². The molecule has 0 bridgehead atoms. The second kappa shape index (κ2) is 8.27.